The molecule has 0 spiro atoms. The Bertz CT molecular complexity index is 1650. The van der Waals surface area contributed by atoms with E-state index in [1.54, 1.807) is 42.5 Å². The van der Waals surface area contributed by atoms with Crippen LogP contribution in [0.5, 0.6) is 23.0 Å². The van der Waals surface area contributed by atoms with Crippen LogP contribution in [-0.2, 0) is 0 Å². The van der Waals surface area contributed by atoms with E-state index < -0.39 is 11.5 Å². The maximum Gasteiger partial charge on any atom is 0.274 e. The van der Waals surface area contributed by atoms with Crippen molar-refractivity contribution >= 4 is 28.8 Å². The Hall–Kier alpha value is -4.67. The van der Waals surface area contributed by atoms with Crippen molar-refractivity contribution in [2.75, 3.05) is 28.4 Å². The second-order valence-corrected chi connectivity index (χ2v) is 8.69. The lowest BCUT2D eigenvalue weighted by Gasteiger charge is -2.23. The Morgan fingerprint density at radius 2 is 1.47 bits per heavy atom. The first-order valence-corrected chi connectivity index (χ1v) is 11.5. The van der Waals surface area contributed by atoms with Crippen LogP contribution in [0, 0.1) is 22.7 Å². The fraction of sp³-hybridized carbons (Fsp3) is 0.192. The number of hydrogen-bond acceptors (Lipinski definition) is 9. The summed E-state index contributed by atoms with van der Waals surface area (Å²) < 4.78 is 23.3. The molecular weight excluding hydrogens is 480 g/mol. The van der Waals surface area contributed by atoms with Crippen LogP contribution in [0.4, 0.5) is 0 Å². The van der Waals surface area contributed by atoms with Gasteiger partial charge in [0.1, 0.15) is 10.5 Å². The van der Waals surface area contributed by atoms with Crippen molar-refractivity contribution in [3.05, 3.63) is 72.6 Å². The normalized spacial score (nSPS) is 15.1. The zero-order chi connectivity index (χ0) is 26.0. The van der Waals surface area contributed by atoms with Gasteiger partial charge in [-0.1, -0.05) is 12.1 Å². The molecule has 4 rings (SSSR count). The van der Waals surface area contributed by atoms with Gasteiger partial charge in [-0.25, -0.2) is 0 Å². The van der Waals surface area contributed by atoms with Crippen LogP contribution < -0.4 is 39.4 Å². The first kappa shape index (κ1) is 24.5. The Balaban J connectivity index is 1.99. The minimum absolute atomic E-state index is 0.0144. The number of nitriles is 2. The van der Waals surface area contributed by atoms with E-state index in [9.17, 15) is 15.3 Å². The zero-order valence-corrected chi connectivity index (χ0v) is 20.8. The molecule has 2 aromatic carbocycles. The van der Waals surface area contributed by atoms with E-state index in [2.05, 4.69) is 12.1 Å². The summed E-state index contributed by atoms with van der Waals surface area (Å²) in [4.78, 5) is 13.4. The number of methoxy groups -OCH3 is 4. The van der Waals surface area contributed by atoms with Gasteiger partial charge in [0.05, 0.1) is 62.2 Å². The van der Waals surface area contributed by atoms with Crippen LogP contribution in [0.3, 0.4) is 0 Å². The van der Waals surface area contributed by atoms with Gasteiger partial charge in [0.25, 0.3) is 5.56 Å². The van der Waals surface area contributed by atoms with E-state index >= 15 is 0 Å². The Kier molecular flexibility index (Phi) is 6.73. The highest BCUT2D eigenvalue weighted by Gasteiger charge is 2.32. The summed E-state index contributed by atoms with van der Waals surface area (Å²) in [6.45, 7) is 0. The highest BCUT2D eigenvalue weighted by Crippen LogP contribution is 2.39. The lowest BCUT2D eigenvalue weighted by molar-refractivity contribution is 0.354. The summed E-state index contributed by atoms with van der Waals surface area (Å²) in [6.07, 6.45) is 1.68. The number of aromatic nitrogens is 1. The maximum absolute atomic E-state index is 13.4. The van der Waals surface area contributed by atoms with Crippen LogP contribution in [0.15, 0.2) is 46.8 Å². The van der Waals surface area contributed by atoms with Gasteiger partial charge in [-0.3, -0.25) is 9.36 Å². The molecule has 0 aliphatic carbocycles. The number of allylic oxidation sites excluding steroid dienone is 1. The van der Waals surface area contributed by atoms with Crippen molar-refractivity contribution in [3.63, 3.8) is 0 Å². The number of rotatable bonds is 6. The van der Waals surface area contributed by atoms with Crippen LogP contribution in [0.25, 0.3) is 17.5 Å². The number of ether oxygens (including phenoxy) is 4. The smallest absolute Gasteiger partial charge is 0.274 e. The van der Waals surface area contributed by atoms with Crippen LogP contribution in [0.2, 0.25) is 0 Å². The first-order valence-electron chi connectivity index (χ1n) is 10.6. The van der Waals surface area contributed by atoms with Crippen molar-refractivity contribution in [2.45, 2.75) is 5.92 Å². The van der Waals surface area contributed by atoms with Gasteiger partial charge in [-0.05, 0) is 41.5 Å². The second kappa shape index (κ2) is 9.90. The van der Waals surface area contributed by atoms with Crippen molar-refractivity contribution in [3.8, 4) is 35.1 Å². The second-order valence-electron chi connectivity index (χ2n) is 7.65. The molecule has 0 bridgehead atoms. The number of fused-ring (bicyclic) bond motifs is 1. The van der Waals surface area contributed by atoms with Gasteiger partial charge in [0.15, 0.2) is 23.0 Å². The molecular formula is C26H22N4O5S. The number of benzene rings is 2. The molecule has 0 radical (unpaired) electrons. The third-order valence-electron chi connectivity index (χ3n) is 5.84. The fourth-order valence-electron chi connectivity index (χ4n) is 4.11. The van der Waals surface area contributed by atoms with Crippen LogP contribution >= 0.6 is 11.3 Å². The van der Waals surface area contributed by atoms with E-state index in [4.69, 9.17) is 24.7 Å². The predicted molar refractivity (Wildman–Crippen MR) is 135 cm³/mol. The largest absolute Gasteiger partial charge is 0.493 e. The Morgan fingerprint density at radius 3 is 2.06 bits per heavy atom. The molecule has 0 fully saturated rings. The van der Waals surface area contributed by atoms with Crippen molar-refractivity contribution in [2.24, 2.45) is 5.73 Å². The standard InChI is InChI=1S/C26H22N4O5S/c1-32-18-7-5-14(9-20(18)34-3)10-22-25(31)30-24(29)16(12-27)23(17(13-28)26(30)36-22)15-6-8-19(33-2)21(11-15)35-4/h5-11,23H,29H2,1-4H3. The van der Waals surface area contributed by atoms with Crippen LogP contribution in [-0.4, -0.2) is 33.0 Å². The summed E-state index contributed by atoms with van der Waals surface area (Å²) in [6, 6.07) is 14.7. The van der Waals surface area contributed by atoms with Gasteiger partial charge in [-0.2, -0.15) is 10.5 Å². The minimum Gasteiger partial charge on any atom is -0.493 e. The van der Waals surface area contributed by atoms with Gasteiger partial charge >= 0.3 is 0 Å². The van der Waals surface area contributed by atoms with E-state index in [0.29, 0.717) is 43.3 Å². The number of nitrogens with zero attached hydrogens (tertiary/aromatic N) is 3. The molecule has 2 heterocycles. The lowest BCUT2D eigenvalue weighted by atomic mass is 9.84. The average molecular weight is 503 g/mol. The molecule has 182 valence electrons. The van der Waals surface area contributed by atoms with E-state index in [1.165, 1.54) is 33.0 Å². The summed E-state index contributed by atoms with van der Waals surface area (Å²) >= 11 is 1.13. The highest BCUT2D eigenvalue weighted by atomic mass is 32.1. The molecule has 1 aromatic heterocycles. The topological polar surface area (TPSA) is 133 Å². The third kappa shape index (κ3) is 3.94. The Morgan fingerprint density at radius 1 is 0.889 bits per heavy atom. The molecule has 36 heavy (non-hydrogen) atoms. The number of thiazole rings is 1. The fourth-order valence-corrected chi connectivity index (χ4v) is 5.24. The molecule has 2 N–H and O–H groups in total. The summed E-state index contributed by atoms with van der Waals surface area (Å²) in [5, 5.41) is 20.1. The molecule has 1 atom stereocenters. The lowest BCUT2D eigenvalue weighted by Crippen LogP contribution is -2.38. The summed E-state index contributed by atoms with van der Waals surface area (Å²) in [7, 11) is 6.08. The van der Waals surface area contributed by atoms with Gasteiger partial charge in [-0.15, -0.1) is 11.3 Å². The molecule has 10 heteroatoms. The molecule has 0 saturated carbocycles. The molecule has 1 aliphatic heterocycles. The minimum atomic E-state index is -0.771. The Labute approximate surface area is 210 Å². The van der Waals surface area contributed by atoms with E-state index in [1.807, 2.05) is 0 Å². The quantitative estimate of drug-likeness (QED) is 0.540. The molecule has 0 amide bonds. The summed E-state index contributed by atoms with van der Waals surface area (Å²) in [5.41, 5.74) is 7.59. The SMILES string of the molecule is COc1ccc(C=c2sc3n(c2=O)C(N)=C(C#N)C(c2ccc(OC)c(OC)c2)C=3C#N)cc1OC. The zero-order valence-electron chi connectivity index (χ0n) is 20.0. The van der Waals surface area contributed by atoms with Gasteiger partial charge in [0, 0.05) is 0 Å². The number of nitrogens with two attached hydrogens (primary N) is 1. The van der Waals surface area contributed by atoms with E-state index in [0.717, 1.165) is 11.3 Å². The van der Waals surface area contributed by atoms with Crippen molar-refractivity contribution < 1.29 is 18.9 Å². The van der Waals surface area contributed by atoms with Gasteiger partial charge < -0.3 is 24.7 Å². The maximum atomic E-state index is 13.4. The highest BCUT2D eigenvalue weighted by molar-refractivity contribution is 7.07. The average Bonchev–Trinajstić information content (AvgIpc) is 3.23. The molecule has 0 saturated heterocycles. The first-order chi connectivity index (χ1) is 17.4. The van der Waals surface area contributed by atoms with Gasteiger partial charge in [0.2, 0.25) is 0 Å². The summed E-state index contributed by atoms with van der Waals surface area (Å²) in [5.74, 6) is 1.23. The number of hydrogen-bond donors (Lipinski definition) is 1. The van der Waals surface area contributed by atoms with Crippen LogP contribution in [0.1, 0.15) is 17.0 Å². The van der Waals surface area contributed by atoms with E-state index in [-0.39, 0.29) is 17.0 Å². The molecule has 1 aliphatic rings. The monoisotopic (exact) mass is 502 g/mol. The van der Waals surface area contributed by atoms with Crippen molar-refractivity contribution in [1.29, 1.82) is 10.5 Å². The van der Waals surface area contributed by atoms with Crippen molar-refractivity contribution in [1.82, 2.24) is 4.57 Å². The molecule has 1 unspecified atom stereocenters. The molecule has 3 aromatic rings. The third-order valence-corrected chi connectivity index (χ3v) is 6.94. The molecule has 9 nitrogen and oxygen atoms in total. The predicted octanol–water partition coefficient (Wildman–Crippen LogP) is 1.90.